The SMILES string of the molecule is CCN1CC(C(=O)NCCc2ccccc2OC)C2NN(c3ccccc3)C(=O)C2C1. The second-order valence-corrected chi connectivity index (χ2v) is 8.08. The minimum absolute atomic E-state index is 0.0155. The Hall–Kier alpha value is -2.90. The molecule has 0 spiro atoms. The molecule has 2 amide bonds. The summed E-state index contributed by atoms with van der Waals surface area (Å²) in [4.78, 5) is 28.5. The van der Waals surface area contributed by atoms with Gasteiger partial charge in [0.1, 0.15) is 5.75 Å². The number of hydrogen-bond donors (Lipinski definition) is 2. The van der Waals surface area contributed by atoms with E-state index < -0.39 is 0 Å². The van der Waals surface area contributed by atoms with Gasteiger partial charge in [-0.15, -0.1) is 0 Å². The van der Waals surface area contributed by atoms with Crippen LogP contribution in [0.5, 0.6) is 5.75 Å². The third kappa shape index (κ3) is 4.43. The molecule has 3 unspecified atom stereocenters. The second-order valence-electron chi connectivity index (χ2n) is 8.08. The molecule has 7 heteroatoms. The van der Waals surface area contributed by atoms with Gasteiger partial charge >= 0.3 is 0 Å². The van der Waals surface area contributed by atoms with Gasteiger partial charge < -0.3 is 15.0 Å². The van der Waals surface area contributed by atoms with E-state index in [1.165, 1.54) is 0 Å². The fraction of sp³-hybridized carbons (Fsp3) is 0.417. The van der Waals surface area contributed by atoms with Crippen LogP contribution in [0.15, 0.2) is 54.6 Å². The highest BCUT2D eigenvalue weighted by atomic mass is 16.5. The van der Waals surface area contributed by atoms with E-state index in [2.05, 4.69) is 22.6 Å². The fourth-order valence-electron chi connectivity index (χ4n) is 4.57. The Kier molecular flexibility index (Phi) is 6.53. The Labute approximate surface area is 183 Å². The first-order valence-corrected chi connectivity index (χ1v) is 10.9. The Balaban J connectivity index is 1.45. The molecule has 0 bridgehead atoms. The maximum Gasteiger partial charge on any atom is 0.247 e. The topological polar surface area (TPSA) is 73.9 Å². The number of benzene rings is 2. The smallest absolute Gasteiger partial charge is 0.247 e. The summed E-state index contributed by atoms with van der Waals surface area (Å²) in [6.45, 7) is 4.71. The average molecular weight is 423 g/mol. The van der Waals surface area contributed by atoms with Crippen LogP contribution in [0.4, 0.5) is 5.69 Å². The number of likely N-dealkylation sites (tertiary alicyclic amines) is 1. The van der Waals surface area contributed by atoms with E-state index in [1.54, 1.807) is 12.1 Å². The number of rotatable bonds is 7. The summed E-state index contributed by atoms with van der Waals surface area (Å²) in [6, 6.07) is 17.2. The van der Waals surface area contributed by atoms with Crippen molar-refractivity contribution in [3.8, 4) is 5.75 Å². The van der Waals surface area contributed by atoms with Crippen LogP contribution in [0, 0.1) is 11.8 Å². The predicted molar refractivity (Wildman–Crippen MR) is 120 cm³/mol. The van der Waals surface area contributed by atoms with E-state index in [4.69, 9.17) is 4.74 Å². The van der Waals surface area contributed by atoms with E-state index in [9.17, 15) is 9.59 Å². The van der Waals surface area contributed by atoms with Crippen molar-refractivity contribution in [2.45, 2.75) is 19.4 Å². The molecule has 4 rings (SSSR count). The van der Waals surface area contributed by atoms with Gasteiger partial charge in [0.25, 0.3) is 0 Å². The first-order valence-electron chi connectivity index (χ1n) is 10.9. The van der Waals surface area contributed by atoms with Gasteiger partial charge in [0.15, 0.2) is 0 Å². The van der Waals surface area contributed by atoms with Crippen LogP contribution in [0.3, 0.4) is 0 Å². The Morgan fingerprint density at radius 3 is 2.61 bits per heavy atom. The van der Waals surface area contributed by atoms with Gasteiger partial charge in [0, 0.05) is 19.6 Å². The molecular formula is C24H30N4O3. The van der Waals surface area contributed by atoms with E-state index in [-0.39, 0.29) is 29.7 Å². The number of ether oxygens (including phenoxy) is 1. The van der Waals surface area contributed by atoms with Crippen molar-refractivity contribution in [2.24, 2.45) is 11.8 Å². The summed E-state index contributed by atoms with van der Waals surface area (Å²) in [7, 11) is 1.65. The molecule has 164 valence electrons. The Bertz CT molecular complexity index is 920. The van der Waals surface area contributed by atoms with Crippen LogP contribution in [0.1, 0.15) is 12.5 Å². The van der Waals surface area contributed by atoms with Crippen LogP contribution in [0.2, 0.25) is 0 Å². The zero-order chi connectivity index (χ0) is 21.8. The lowest BCUT2D eigenvalue weighted by Crippen LogP contribution is -2.57. The molecule has 7 nitrogen and oxygen atoms in total. The third-order valence-electron chi connectivity index (χ3n) is 6.28. The normalized spacial score (nSPS) is 23.5. The number of methoxy groups -OCH3 is 1. The van der Waals surface area contributed by atoms with Gasteiger partial charge in [0.05, 0.1) is 30.7 Å². The highest BCUT2D eigenvalue weighted by Crippen LogP contribution is 2.31. The van der Waals surface area contributed by atoms with Crippen molar-refractivity contribution in [3.05, 3.63) is 60.2 Å². The number of fused-ring (bicyclic) bond motifs is 1. The number of nitrogens with one attached hydrogen (secondary N) is 2. The molecule has 0 aromatic heterocycles. The Morgan fingerprint density at radius 2 is 1.87 bits per heavy atom. The lowest BCUT2D eigenvalue weighted by atomic mass is 9.84. The number of para-hydroxylation sites is 2. The number of carbonyl (C=O) groups excluding carboxylic acids is 2. The molecule has 2 N–H and O–H groups in total. The summed E-state index contributed by atoms with van der Waals surface area (Å²) >= 11 is 0. The number of hydrogen-bond acceptors (Lipinski definition) is 5. The lowest BCUT2D eigenvalue weighted by Gasteiger charge is -2.37. The quantitative estimate of drug-likeness (QED) is 0.712. The number of amides is 2. The lowest BCUT2D eigenvalue weighted by molar-refractivity contribution is -0.129. The second kappa shape index (κ2) is 9.49. The van der Waals surface area contributed by atoms with Gasteiger partial charge in [-0.25, -0.2) is 10.4 Å². The van der Waals surface area contributed by atoms with Crippen LogP contribution in [0.25, 0.3) is 0 Å². The molecule has 2 saturated heterocycles. The molecule has 3 atom stereocenters. The molecule has 0 aliphatic carbocycles. The van der Waals surface area contributed by atoms with E-state index in [1.807, 2.05) is 54.6 Å². The highest BCUT2D eigenvalue weighted by molar-refractivity contribution is 5.98. The molecule has 2 fully saturated rings. The summed E-state index contributed by atoms with van der Waals surface area (Å²) in [5.41, 5.74) is 5.20. The summed E-state index contributed by atoms with van der Waals surface area (Å²) < 4.78 is 5.40. The van der Waals surface area contributed by atoms with E-state index >= 15 is 0 Å². The minimum Gasteiger partial charge on any atom is -0.496 e. The average Bonchev–Trinajstić information content (AvgIpc) is 3.15. The van der Waals surface area contributed by atoms with Gasteiger partial charge in [0.2, 0.25) is 11.8 Å². The summed E-state index contributed by atoms with van der Waals surface area (Å²) in [5, 5.41) is 4.70. The van der Waals surface area contributed by atoms with Gasteiger partial charge in [-0.3, -0.25) is 9.59 Å². The van der Waals surface area contributed by atoms with Crippen molar-refractivity contribution >= 4 is 17.5 Å². The van der Waals surface area contributed by atoms with Crippen molar-refractivity contribution < 1.29 is 14.3 Å². The van der Waals surface area contributed by atoms with Crippen LogP contribution >= 0.6 is 0 Å². The third-order valence-corrected chi connectivity index (χ3v) is 6.28. The molecule has 0 radical (unpaired) electrons. The standard InChI is InChI=1S/C24H30N4O3/c1-3-27-15-19(23(29)25-14-13-17-9-7-8-12-21(17)31-2)22-20(16-27)24(30)28(26-22)18-10-5-4-6-11-18/h4-12,19-20,22,26H,3,13-16H2,1-2H3,(H,25,29). The molecule has 2 aliphatic rings. The van der Waals surface area contributed by atoms with Crippen LogP contribution in [-0.2, 0) is 16.0 Å². The van der Waals surface area contributed by atoms with Gasteiger partial charge in [-0.1, -0.05) is 43.3 Å². The number of hydrazine groups is 1. The number of carbonyl (C=O) groups is 2. The maximum atomic E-state index is 13.2. The highest BCUT2D eigenvalue weighted by Gasteiger charge is 2.50. The number of nitrogens with zero attached hydrogens (tertiary/aromatic N) is 2. The molecule has 2 aliphatic heterocycles. The van der Waals surface area contributed by atoms with Crippen molar-refractivity contribution in [1.29, 1.82) is 0 Å². The molecule has 31 heavy (non-hydrogen) atoms. The number of piperidine rings is 1. The largest absolute Gasteiger partial charge is 0.496 e. The van der Waals surface area contributed by atoms with Crippen molar-refractivity contribution in [1.82, 2.24) is 15.6 Å². The molecule has 2 aromatic carbocycles. The van der Waals surface area contributed by atoms with Crippen LogP contribution < -0.4 is 20.5 Å². The fourth-order valence-corrected chi connectivity index (χ4v) is 4.57. The molecule has 2 aromatic rings. The van der Waals surface area contributed by atoms with Gasteiger partial charge in [-0.2, -0.15) is 0 Å². The monoisotopic (exact) mass is 422 g/mol. The predicted octanol–water partition coefficient (Wildman–Crippen LogP) is 1.84. The Morgan fingerprint density at radius 1 is 1.13 bits per heavy atom. The number of anilines is 1. The minimum atomic E-state index is -0.297. The molecule has 2 heterocycles. The van der Waals surface area contributed by atoms with Gasteiger partial charge in [-0.05, 0) is 36.7 Å². The zero-order valence-corrected chi connectivity index (χ0v) is 18.1. The first-order chi connectivity index (χ1) is 15.1. The first kappa shape index (κ1) is 21.3. The van der Waals surface area contributed by atoms with E-state index in [0.29, 0.717) is 26.1 Å². The van der Waals surface area contributed by atoms with E-state index in [0.717, 1.165) is 23.5 Å². The molecule has 0 saturated carbocycles. The summed E-state index contributed by atoms with van der Waals surface area (Å²) in [5.74, 6) is 0.306. The maximum absolute atomic E-state index is 13.2. The zero-order valence-electron chi connectivity index (χ0n) is 18.1. The summed E-state index contributed by atoms with van der Waals surface area (Å²) in [6.07, 6.45) is 0.691. The van der Waals surface area contributed by atoms with Crippen molar-refractivity contribution in [2.75, 3.05) is 38.3 Å². The van der Waals surface area contributed by atoms with Crippen LogP contribution in [-0.4, -0.2) is 56.0 Å². The molecular weight excluding hydrogens is 392 g/mol. The van der Waals surface area contributed by atoms with Crippen molar-refractivity contribution in [3.63, 3.8) is 0 Å².